The Morgan fingerprint density at radius 1 is 1.38 bits per heavy atom. The van der Waals surface area contributed by atoms with Gasteiger partial charge in [-0.1, -0.05) is 17.7 Å². The molecule has 1 rings (SSSR count). The van der Waals surface area contributed by atoms with Gasteiger partial charge in [-0.15, -0.1) is 0 Å². The number of ether oxygens (including phenoxy) is 3. The van der Waals surface area contributed by atoms with Crippen LogP contribution in [0.4, 0.5) is 0 Å². The summed E-state index contributed by atoms with van der Waals surface area (Å²) in [5.74, 6) is -0.834. The van der Waals surface area contributed by atoms with Crippen LogP contribution in [0.5, 0.6) is 0 Å². The largest absolute Gasteiger partial charge is 0.469 e. The van der Waals surface area contributed by atoms with E-state index in [4.69, 9.17) is 9.47 Å². The van der Waals surface area contributed by atoms with Gasteiger partial charge in [0.1, 0.15) is 0 Å². The van der Waals surface area contributed by atoms with E-state index < -0.39 is 5.79 Å². The first kappa shape index (κ1) is 12.9. The summed E-state index contributed by atoms with van der Waals surface area (Å²) in [6.45, 7) is 0. The smallest absolute Gasteiger partial charge is 0.305 e. The van der Waals surface area contributed by atoms with Crippen molar-refractivity contribution in [2.24, 2.45) is 0 Å². The van der Waals surface area contributed by atoms with Crippen LogP contribution in [0.2, 0.25) is 0 Å². The third kappa shape index (κ3) is 3.18. The lowest BCUT2D eigenvalue weighted by atomic mass is 9.98. The zero-order valence-corrected chi connectivity index (χ0v) is 9.99. The number of carbonyl (C=O) groups is 1. The maximum absolute atomic E-state index is 11.0. The lowest BCUT2D eigenvalue weighted by molar-refractivity contribution is -0.167. The molecule has 0 bridgehead atoms. The number of hydrogen-bond donors (Lipinski definition) is 0. The Labute approximate surface area is 95.9 Å². The molecule has 0 N–H and O–H groups in total. The number of carbonyl (C=O) groups excluding carboxylic acids is 1. The van der Waals surface area contributed by atoms with E-state index in [-0.39, 0.29) is 5.97 Å². The van der Waals surface area contributed by atoms with Crippen molar-refractivity contribution in [1.82, 2.24) is 0 Å². The van der Waals surface area contributed by atoms with Crippen LogP contribution in [0.1, 0.15) is 19.3 Å². The van der Waals surface area contributed by atoms with E-state index in [1.807, 2.05) is 18.2 Å². The molecule has 0 saturated heterocycles. The quantitative estimate of drug-likeness (QED) is 0.530. The van der Waals surface area contributed by atoms with Gasteiger partial charge in [0.15, 0.2) is 5.79 Å². The fourth-order valence-corrected chi connectivity index (χ4v) is 1.56. The standard InChI is InChI=1S/C12H18O4/c1-14-11(13)5-4-10-6-8-12(15-2,16-3)9-7-10/h6-8H,4-5,9H2,1-3H3. The zero-order chi connectivity index (χ0) is 12.0. The predicted molar refractivity (Wildman–Crippen MR) is 59.8 cm³/mol. The minimum absolute atomic E-state index is 0.190. The van der Waals surface area contributed by atoms with E-state index in [1.165, 1.54) is 7.11 Å². The first-order chi connectivity index (χ1) is 7.65. The van der Waals surface area contributed by atoms with Gasteiger partial charge in [-0.05, 0) is 12.5 Å². The molecule has 0 atom stereocenters. The second-order valence-electron chi connectivity index (χ2n) is 3.61. The Balaban J connectivity index is 2.48. The second kappa shape index (κ2) is 5.82. The maximum Gasteiger partial charge on any atom is 0.305 e. The van der Waals surface area contributed by atoms with E-state index in [0.717, 1.165) is 5.57 Å². The van der Waals surface area contributed by atoms with Crippen LogP contribution in [0.15, 0.2) is 23.8 Å². The van der Waals surface area contributed by atoms with Crippen LogP contribution in [0.25, 0.3) is 0 Å². The molecule has 4 heteroatoms. The Bertz CT molecular complexity index is 300. The topological polar surface area (TPSA) is 44.8 Å². The number of allylic oxidation sites excluding steroid dienone is 2. The van der Waals surface area contributed by atoms with Crippen LogP contribution in [-0.2, 0) is 19.0 Å². The van der Waals surface area contributed by atoms with Crippen molar-refractivity contribution < 1.29 is 19.0 Å². The van der Waals surface area contributed by atoms with Gasteiger partial charge >= 0.3 is 5.97 Å². The average molecular weight is 226 g/mol. The molecule has 4 nitrogen and oxygen atoms in total. The van der Waals surface area contributed by atoms with Gasteiger partial charge < -0.3 is 14.2 Å². The lowest BCUT2D eigenvalue weighted by Crippen LogP contribution is -2.31. The van der Waals surface area contributed by atoms with E-state index in [9.17, 15) is 4.79 Å². The maximum atomic E-state index is 11.0. The summed E-state index contributed by atoms with van der Waals surface area (Å²) < 4.78 is 15.1. The molecular formula is C12H18O4. The minimum atomic E-state index is -0.644. The van der Waals surface area contributed by atoms with Crippen LogP contribution >= 0.6 is 0 Å². The number of rotatable bonds is 5. The lowest BCUT2D eigenvalue weighted by Gasteiger charge is -2.29. The molecule has 0 spiro atoms. The van der Waals surface area contributed by atoms with Crippen molar-refractivity contribution >= 4 is 5.97 Å². The van der Waals surface area contributed by atoms with Gasteiger partial charge in [0.05, 0.1) is 7.11 Å². The molecule has 1 aliphatic carbocycles. The van der Waals surface area contributed by atoms with Crippen LogP contribution in [0.3, 0.4) is 0 Å². The highest BCUT2D eigenvalue weighted by molar-refractivity contribution is 5.69. The van der Waals surface area contributed by atoms with Gasteiger partial charge in [0, 0.05) is 27.1 Å². The summed E-state index contributed by atoms with van der Waals surface area (Å²) in [6.07, 6.45) is 7.58. The molecular weight excluding hydrogens is 208 g/mol. The van der Waals surface area contributed by atoms with Crippen LogP contribution in [0, 0.1) is 0 Å². The summed E-state index contributed by atoms with van der Waals surface area (Å²) in [6, 6.07) is 0. The molecule has 0 fully saturated rings. The third-order valence-electron chi connectivity index (χ3n) is 2.74. The normalized spacial score (nSPS) is 18.1. The van der Waals surface area contributed by atoms with Gasteiger partial charge in [0.25, 0.3) is 0 Å². The Hall–Kier alpha value is -1.13. The summed E-state index contributed by atoms with van der Waals surface area (Å²) in [7, 11) is 4.62. The molecule has 0 amide bonds. The number of esters is 1. The molecule has 0 aromatic heterocycles. The number of methoxy groups -OCH3 is 3. The van der Waals surface area contributed by atoms with E-state index in [1.54, 1.807) is 14.2 Å². The van der Waals surface area contributed by atoms with E-state index in [2.05, 4.69) is 4.74 Å². The Morgan fingerprint density at radius 2 is 2.06 bits per heavy atom. The fraction of sp³-hybridized carbons (Fsp3) is 0.583. The van der Waals surface area contributed by atoms with Crippen molar-refractivity contribution in [3.05, 3.63) is 23.8 Å². The summed E-state index contributed by atoms with van der Waals surface area (Å²) in [5, 5.41) is 0. The van der Waals surface area contributed by atoms with Crippen molar-refractivity contribution in [3.63, 3.8) is 0 Å². The zero-order valence-electron chi connectivity index (χ0n) is 9.99. The predicted octanol–water partition coefficient (Wildman–Crippen LogP) is 1.81. The van der Waals surface area contributed by atoms with Crippen molar-refractivity contribution in [1.29, 1.82) is 0 Å². The second-order valence-corrected chi connectivity index (χ2v) is 3.61. The first-order valence-electron chi connectivity index (χ1n) is 5.21. The molecule has 0 aliphatic heterocycles. The van der Waals surface area contributed by atoms with Crippen LogP contribution in [-0.4, -0.2) is 33.1 Å². The molecule has 0 heterocycles. The van der Waals surface area contributed by atoms with Crippen molar-refractivity contribution in [3.8, 4) is 0 Å². The molecule has 1 aliphatic rings. The Kier molecular flexibility index (Phi) is 4.71. The molecule has 16 heavy (non-hydrogen) atoms. The third-order valence-corrected chi connectivity index (χ3v) is 2.74. The highest BCUT2D eigenvalue weighted by Gasteiger charge is 2.27. The van der Waals surface area contributed by atoms with E-state index >= 15 is 0 Å². The summed E-state index contributed by atoms with van der Waals surface area (Å²) >= 11 is 0. The summed E-state index contributed by atoms with van der Waals surface area (Å²) in [4.78, 5) is 11.0. The number of hydrogen-bond acceptors (Lipinski definition) is 4. The monoisotopic (exact) mass is 226 g/mol. The molecule has 0 radical (unpaired) electrons. The minimum Gasteiger partial charge on any atom is -0.469 e. The van der Waals surface area contributed by atoms with Crippen molar-refractivity contribution in [2.45, 2.75) is 25.0 Å². The van der Waals surface area contributed by atoms with Crippen LogP contribution < -0.4 is 0 Å². The average Bonchev–Trinajstić information content (AvgIpc) is 2.36. The van der Waals surface area contributed by atoms with Gasteiger partial charge in [0.2, 0.25) is 0 Å². The SMILES string of the molecule is COC(=O)CCC1=CCC(OC)(OC)C=C1. The van der Waals surface area contributed by atoms with Crippen molar-refractivity contribution in [2.75, 3.05) is 21.3 Å². The Morgan fingerprint density at radius 3 is 2.50 bits per heavy atom. The molecule has 0 aromatic carbocycles. The first-order valence-corrected chi connectivity index (χ1v) is 5.21. The highest BCUT2D eigenvalue weighted by Crippen LogP contribution is 2.26. The molecule has 0 saturated carbocycles. The summed E-state index contributed by atoms with van der Waals surface area (Å²) in [5.41, 5.74) is 1.11. The molecule has 0 aromatic rings. The highest BCUT2D eigenvalue weighted by atomic mass is 16.7. The van der Waals surface area contributed by atoms with Gasteiger partial charge in [-0.3, -0.25) is 4.79 Å². The van der Waals surface area contributed by atoms with Gasteiger partial charge in [-0.2, -0.15) is 0 Å². The molecule has 90 valence electrons. The fourth-order valence-electron chi connectivity index (χ4n) is 1.56. The van der Waals surface area contributed by atoms with Gasteiger partial charge in [-0.25, -0.2) is 0 Å². The van der Waals surface area contributed by atoms with E-state index in [0.29, 0.717) is 19.3 Å². The molecule has 0 unspecified atom stereocenters.